The Morgan fingerprint density at radius 2 is 1.94 bits per heavy atom. The predicted molar refractivity (Wildman–Crippen MR) is 62.7 cm³/mol. The van der Waals surface area contributed by atoms with Crippen LogP contribution in [0.5, 0.6) is 0 Å². The number of nitrogens with zero attached hydrogens (tertiary/aromatic N) is 1. The van der Waals surface area contributed by atoms with Crippen molar-refractivity contribution in [1.29, 1.82) is 0 Å². The molecule has 0 aliphatic carbocycles. The van der Waals surface area contributed by atoms with E-state index in [-0.39, 0.29) is 18.1 Å². The summed E-state index contributed by atoms with van der Waals surface area (Å²) in [4.78, 5) is 13.2. The standard InChI is InChI=1S/C10H19NO4S/c1-4-6-11(10(12)9(2)3)7-5-8-16(13,14)15/h2,4-8H2,1,3H3,(H,13,14,15). The van der Waals surface area contributed by atoms with Crippen molar-refractivity contribution < 1.29 is 17.8 Å². The first kappa shape index (κ1) is 15.1. The molecule has 5 nitrogen and oxygen atoms in total. The Kier molecular flexibility index (Phi) is 6.28. The molecule has 16 heavy (non-hydrogen) atoms. The first-order valence-corrected chi connectivity index (χ1v) is 6.78. The van der Waals surface area contributed by atoms with Gasteiger partial charge in [0.2, 0.25) is 5.91 Å². The van der Waals surface area contributed by atoms with Crippen molar-refractivity contribution >= 4 is 16.0 Å². The summed E-state index contributed by atoms with van der Waals surface area (Å²) in [7, 11) is -3.94. The van der Waals surface area contributed by atoms with Crippen molar-refractivity contribution in [3.05, 3.63) is 12.2 Å². The first-order valence-electron chi connectivity index (χ1n) is 5.18. The van der Waals surface area contributed by atoms with E-state index in [1.807, 2.05) is 6.92 Å². The van der Waals surface area contributed by atoms with Gasteiger partial charge in [0.1, 0.15) is 0 Å². The molecule has 94 valence electrons. The molecular weight excluding hydrogens is 230 g/mol. The van der Waals surface area contributed by atoms with E-state index in [0.717, 1.165) is 6.42 Å². The van der Waals surface area contributed by atoms with E-state index in [1.165, 1.54) is 0 Å². The van der Waals surface area contributed by atoms with E-state index in [2.05, 4.69) is 6.58 Å². The van der Waals surface area contributed by atoms with E-state index >= 15 is 0 Å². The van der Waals surface area contributed by atoms with Crippen LogP contribution in [0, 0.1) is 0 Å². The monoisotopic (exact) mass is 249 g/mol. The van der Waals surface area contributed by atoms with Crippen LogP contribution < -0.4 is 0 Å². The Morgan fingerprint density at radius 1 is 1.38 bits per heavy atom. The Labute approximate surface area is 96.9 Å². The molecule has 0 spiro atoms. The SMILES string of the molecule is C=C(C)C(=O)N(CCC)CCCS(=O)(=O)O. The summed E-state index contributed by atoms with van der Waals surface area (Å²) in [6, 6.07) is 0. The van der Waals surface area contributed by atoms with Gasteiger partial charge >= 0.3 is 0 Å². The summed E-state index contributed by atoms with van der Waals surface area (Å²) in [5, 5.41) is 0. The van der Waals surface area contributed by atoms with Crippen molar-refractivity contribution in [2.24, 2.45) is 0 Å². The van der Waals surface area contributed by atoms with Crippen LogP contribution in [0.25, 0.3) is 0 Å². The van der Waals surface area contributed by atoms with Gasteiger partial charge < -0.3 is 4.90 Å². The molecule has 0 aromatic rings. The Hall–Kier alpha value is -0.880. The summed E-state index contributed by atoms with van der Waals surface area (Å²) in [6.45, 7) is 7.99. The Balaban J connectivity index is 4.25. The minimum absolute atomic E-state index is 0.169. The number of hydrogen-bond acceptors (Lipinski definition) is 3. The minimum atomic E-state index is -3.94. The molecule has 0 radical (unpaired) electrons. The summed E-state index contributed by atoms with van der Waals surface area (Å²) in [5.41, 5.74) is 0.431. The molecule has 0 unspecified atom stereocenters. The van der Waals surface area contributed by atoms with Gasteiger partial charge in [0, 0.05) is 18.7 Å². The molecule has 0 bridgehead atoms. The molecule has 0 aliphatic rings. The number of hydrogen-bond donors (Lipinski definition) is 1. The molecule has 0 aromatic heterocycles. The first-order chi connectivity index (χ1) is 7.28. The lowest BCUT2D eigenvalue weighted by atomic mass is 10.2. The Morgan fingerprint density at radius 3 is 2.31 bits per heavy atom. The third kappa shape index (κ3) is 6.58. The van der Waals surface area contributed by atoms with Gasteiger partial charge in [-0.1, -0.05) is 13.5 Å². The zero-order chi connectivity index (χ0) is 12.8. The van der Waals surface area contributed by atoms with Crippen molar-refractivity contribution in [2.75, 3.05) is 18.8 Å². The van der Waals surface area contributed by atoms with E-state index < -0.39 is 10.1 Å². The zero-order valence-electron chi connectivity index (χ0n) is 9.77. The minimum Gasteiger partial charge on any atom is -0.339 e. The average Bonchev–Trinajstić information content (AvgIpc) is 2.13. The second-order valence-electron chi connectivity index (χ2n) is 3.71. The fourth-order valence-electron chi connectivity index (χ4n) is 1.29. The molecule has 0 rings (SSSR count). The van der Waals surface area contributed by atoms with Gasteiger partial charge in [0.15, 0.2) is 0 Å². The zero-order valence-corrected chi connectivity index (χ0v) is 10.6. The van der Waals surface area contributed by atoms with Crippen LogP contribution in [0.4, 0.5) is 0 Å². The number of amides is 1. The molecule has 0 aromatic carbocycles. The second-order valence-corrected chi connectivity index (χ2v) is 5.28. The van der Waals surface area contributed by atoms with Crippen molar-refractivity contribution in [2.45, 2.75) is 26.7 Å². The molecule has 0 saturated carbocycles. The molecule has 0 aliphatic heterocycles. The van der Waals surface area contributed by atoms with Crippen LogP contribution >= 0.6 is 0 Å². The van der Waals surface area contributed by atoms with Crippen molar-refractivity contribution in [3.63, 3.8) is 0 Å². The third-order valence-electron chi connectivity index (χ3n) is 1.98. The maximum atomic E-state index is 11.6. The number of carbonyl (C=O) groups excluding carboxylic acids is 1. The van der Waals surface area contributed by atoms with E-state index in [9.17, 15) is 13.2 Å². The van der Waals surface area contributed by atoms with Crippen molar-refractivity contribution in [1.82, 2.24) is 4.90 Å². The lowest BCUT2D eigenvalue weighted by Gasteiger charge is -2.21. The summed E-state index contributed by atoms with van der Waals surface area (Å²) < 4.78 is 29.6. The lowest BCUT2D eigenvalue weighted by Crippen LogP contribution is -2.33. The second kappa shape index (κ2) is 6.65. The van der Waals surface area contributed by atoms with Gasteiger partial charge in [-0.05, 0) is 19.8 Å². The normalized spacial score (nSPS) is 11.2. The molecule has 0 fully saturated rings. The van der Waals surface area contributed by atoms with E-state index in [4.69, 9.17) is 4.55 Å². The molecule has 0 saturated heterocycles. The van der Waals surface area contributed by atoms with Crippen LogP contribution in [-0.4, -0.2) is 42.6 Å². The smallest absolute Gasteiger partial charge is 0.264 e. The molecule has 0 heterocycles. The van der Waals surface area contributed by atoms with Gasteiger partial charge in [0.05, 0.1) is 5.75 Å². The van der Waals surface area contributed by atoms with Gasteiger partial charge in [-0.2, -0.15) is 8.42 Å². The molecule has 0 atom stereocenters. The van der Waals surface area contributed by atoms with Crippen LogP contribution in [0.15, 0.2) is 12.2 Å². The van der Waals surface area contributed by atoms with Crippen LogP contribution in [0.3, 0.4) is 0 Å². The van der Waals surface area contributed by atoms with E-state index in [1.54, 1.807) is 11.8 Å². The fraction of sp³-hybridized carbons (Fsp3) is 0.700. The quantitative estimate of drug-likeness (QED) is 0.541. The topological polar surface area (TPSA) is 74.7 Å². The number of carbonyl (C=O) groups is 1. The highest BCUT2D eigenvalue weighted by molar-refractivity contribution is 7.85. The van der Waals surface area contributed by atoms with Crippen LogP contribution in [-0.2, 0) is 14.9 Å². The maximum absolute atomic E-state index is 11.6. The van der Waals surface area contributed by atoms with Gasteiger partial charge in [0.25, 0.3) is 10.1 Å². The highest BCUT2D eigenvalue weighted by atomic mass is 32.2. The lowest BCUT2D eigenvalue weighted by molar-refractivity contribution is -0.127. The highest BCUT2D eigenvalue weighted by Crippen LogP contribution is 2.02. The highest BCUT2D eigenvalue weighted by Gasteiger charge is 2.14. The van der Waals surface area contributed by atoms with Gasteiger partial charge in [-0.15, -0.1) is 0 Å². The van der Waals surface area contributed by atoms with Crippen LogP contribution in [0.2, 0.25) is 0 Å². The Bertz CT molecular complexity index is 348. The van der Waals surface area contributed by atoms with E-state index in [0.29, 0.717) is 18.7 Å². The number of rotatable bonds is 7. The van der Waals surface area contributed by atoms with Crippen LogP contribution in [0.1, 0.15) is 26.7 Å². The maximum Gasteiger partial charge on any atom is 0.264 e. The molecule has 1 N–H and O–H groups in total. The fourth-order valence-corrected chi connectivity index (χ4v) is 1.79. The largest absolute Gasteiger partial charge is 0.339 e. The summed E-state index contributed by atoms with van der Waals surface area (Å²) in [6.07, 6.45) is 1.03. The molecular formula is C10H19NO4S. The summed E-state index contributed by atoms with van der Waals surface area (Å²) >= 11 is 0. The molecule has 6 heteroatoms. The third-order valence-corrected chi connectivity index (χ3v) is 2.78. The average molecular weight is 249 g/mol. The predicted octanol–water partition coefficient (Wildman–Crippen LogP) is 1.08. The van der Waals surface area contributed by atoms with Gasteiger partial charge in [-0.25, -0.2) is 0 Å². The van der Waals surface area contributed by atoms with Gasteiger partial charge in [-0.3, -0.25) is 9.35 Å². The molecule has 1 amide bonds. The van der Waals surface area contributed by atoms with Crippen molar-refractivity contribution in [3.8, 4) is 0 Å². The summed E-state index contributed by atoms with van der Waals surface area (Å²) in [5.74, 6) is -0.492.